The van der Waals surface area contributed by atoms with Crippen molar-refractivity contribution in [2.24, 2.45) is 5.92 Å². The van der Waals surface area contributed by atoms with E-state index in [1.54, 1.807) is 12.1 Å². The molecule has 1 saturated carbocycles. The summed E-state index contributed by atoms with van der Waals surface area (Å²) in [7, 11) is 1.51. The topological polar surface area (TPSA) is 58.6 Å². The van der Waals surface area contributed by atoms with Gasteiger partial charge in [0.2, 0.25) is 0 Å². The summed E-state index contributed by atoms with van der Waals surface area (Å²) in [5.41, 5.74) is -0.124. The Kier molecular flexibility index (Phi) is 4.99. The summed E-state index contributed by atoms with van der Waals surface area (Å²) in [4.78, 5) is 12.4. The van der Waals surface area contributed by atoms with Crippen molar-refractivity contribution in [1.82, 2.24) is 5.32 Å². The Bertz CT molecular complexity index is 520. The van der Waals surface area contributed by atoms with Crippen LogP contribution in [0.5, 0.6) is 11.5 Å². The van der Waals surface area contributed by atoms with Crippen molar-refractivity contribution in [2.75, 3.05) is 13.0 Å². The molecule has 0 radical (unpaired) electrons. The quantitative estimate of drug-likeness (QED) is 0.839. The van der Waals surface area contributed by atoms with Gasteiger partial charge in [0.1, 0.15) is 11.5 Å². The molecule has 1 aliphatic rings. The molecule has 0 aliphatic heterocycles. The number of carbonyl (C=O) groups excluding carboxylic acids is 1. The predicted molar refractivity (Wildman–Crippen MR) is 83.2 cm³/mol. The van der Waals surface area contributed by atoms with Gasteiger partial charge in [-0.3, -0.25) is 4.79 Å². The fourth-order valence-corrected chi connectivity index (χ4v) is 3.38. The van der Waals surface area contributed by atoms with E-state index < -0.39 is 0 Å². The minimum Gasteiger partial charge on any atom is -0.507 e. The molecule has 2 unspecified atom stereocenters. The summed E-state index contributed by atoms with van der Waals surface area (Å²) in [6.07, 6.45) is 3.98. The number of phenolic OH excluding ortho intramolecular Hbond substituents is 1. The third kappa shape index (κ3) is 3.62. The fourth-order valence-electron chi connectivity index (χ4n) is 3.07. The van der Waals surface area contributed by atoms with Gasteiger partial charge in [0.25, 0.3) is 5.91 Å². The highest BCUT2D eigenvalue weighted by atomic mass is 35.5. The van der Waals surface area contributed by atoms with Crippen molar-refractivity contribution in [2.45, 2.75) is 38.1 Å². The largest absolute Gasteiger partial charge is 0.507 e. The third-order valence-electron chi connectivity index (χ3n) is 4.18. The molecule has 2 rings (SSSR count). The summed E-state index contributed by atoms with van der Waals surface area (Å²) >= 11 is 6.12. The first-order chi connectivity index (χ1) is 9.99. The lowest BCUT2D eigenvalue weighted by Crippen LogP contribution is -2.52. The Morgan fingerprint density at radius 2 is 2.33 bits per heavy atom. The molecular weight excluding hydrogens is 290 g/mol. The van der Waals surface area contributed by atoms with E-state index in [-0.39, 0.29) is 22.8 Å². The van der Waals surface area contributed by atoms with Gasteiger partial charge >= 0.3 is 0 Å². The zero-order valence-corrected chi connectivity index (χ0v) is 13.2. The minimum absolute atomic E-state index is 0.0829. The summed E-state index contributed by atoms with van der Waals surface area (Å²) in [5, 5.41) is 13.0. The van der Waals surface area contributed by atoms with Crippen LogP contribution in [-0.2, 0) is 0 Å². The minimum atomic E-state index is -0.372. The Labute approximate surface area is 130 Å². The lowest BCUT2D eigenvalue weighted by molar-refractivity contribution is 0.0864. The number of amides is 1. The van der Waals surface area contributed by atoms with Crippen LogP contribution in [0, 0.1) is 5.92 Å². The van der Waals surface area contributed by atoms with E-state index in [2.05, 4.69) is 12.2 Å². The Balaban J connectivity index is 2.16. The zero-order chi connectivity index (χ0) is 15.5. The summed E-state index contributed by atoms with van der Waals surface area (Å²) < 4.78 is 5.02. The Morgan fingerprint density at radius 3 is 2.90 bits per heavy atom. The average Bonchev–Trinajstić information content (AvgIpc) is 2.46. The van der Waals surface area contributed by atoms with Crippen molar-refractivity contribution < 1.29 is 14.6 Å². The smallest absolute Gasteiger partial charge is 0.255 e. The number of methoxy groups -OCH3 is 1. The van der Waals surface area contributed by atoms with Crippen LogP contribution in [0.15, 0.2) is 18.2 Å². The van der Waals surface area contributed by atoms with Gasteiger partial charge in [0.15, 0.2) is 0 Å². The molecule has 0 bridgehead atoms. The molecule has 2 atom stereocenters. The Hall–Kier alpha value is -1.42. The second-order valence-corrected chi connectivity index (χ2v) is 6.22. The normalized spacial score (nSPS) is 25.4. The molecule has 0 heterocycles. The molecule has 1 fully saturated rings. The van der Waals surface area contributed by atoms with Crippen LogP contribution < -0.4 is 10.1 Å². The van der Waals surface area contributed by atoms with Crippen molar-refractivity contribution in [3.63, 3.8) is 0 Å². The lowest BCUT2D eigenvalue weighted by atomic mass is 9.77. The third-order valence-corrected chi connectivity index (χ3v) is 4.69. The number of hydrogen-bond donors (Lipinski definition) is 2. The number of carbonyl (C=O) groups is 1. The summed E-state index contributed by atoms with van der Waals surface area (Å²) in [6.45, 7) is 2.18. The molecule has 21 heavy (non-hydrogen) atoms. The second-order valence-electron chi connectivity index (χ2n) is 5.95. The first-order valence-electron chi connectivity index (χ1n) is 7.25. The van der Waals surface area contributed by atoms with Crippen LogP contribution in [0.25, 0.3) is 0 Å². The van der Waals surface area contributed by atoms with Crippen LogP contribution in [0.2, 0.25) is 0 Å². The van der Waals surface area contributed by atoms with E-state index in [1.807, 2.05) is 0 Å². The van der Waals surface area contributed by atoms with E-state index in [9.17, 15) is 9.90 Å². The molecule has 0 spiro atoms. The van der Waals surface area contributed by atoms with Crippen LogP contribution in [0.4, 0.5) is 0 Å². The first kappa shape index (κ1) is 16.0. The number of hydrogen-bond acceptors (Lipinski definition) is 3. The van der Waals surface area contributed by atoms with Gasteiger partial charge in [-0.15, -0.1) is 11.6 Å². The van der Waals surface area contributed by atoms with Gasteiger partial charge in [-0.25, -0.2) is 0 Å². The standard InChI is InChI=1S/C16H22ClNO3/c1-11-4-3-7-16(9-11,10-17)18-15(20)13-6-5-12(21-2)8-14(13)19/h5-6,8,11,19H,3-4,7,9-10H2,1-2H3,(H,18,20). The SMILES string of the molecule is COc1ccc(C(=O)NC2(CCl)CCCC(C)C2)c(O)c1. The van der Waals surface area contributed by atoms with Gasteiger partial charge in [-0.05, 0) is 30.9 Å². The highest BCUT2D eigenvalue weighted by Gasteiger charge is 2.36. The highest BCUT2D eigenvalue weighted by Crippen LogP contribution is 2.34. The van der Waals surface area contributed by atoms with E-state index in [4.69, 9.17) is 16.3 Å². The maximum absolute atomic E-state index is 12.4. The molecule has 0 saturated heterocycles. The van der Waals surface area contributed by atoms with Gasteiger partial charge < -0.3 is 15.2 Å². The molecule has 0 aromatic heterocycles. The molecule has 1 aromatic carbocycles. The molecule has 1 amide bonds. The number of phenols is 1. The summed E-state index contributed by atoms with van der Waals surface area (Å²) in [6, 6.07) is 4.66. The fraction of sp³-hybridized carbons (Fsp3) is 0.562. The molecule has 5 heteroatoms. The maximum atomic E-state index is 12.4. The Morgan fingerprint density at radius 1 is 1.57 bits per heavy atom. The lowest BCUT2D eigenvalue weighted by Gasteiger charge is -2.39. The van der Waals surface area contributed by atoms with Gasteiger partial charge in [0, 0.05) is 11.9 Å². The van der Waals surface area contributed by atoms with Crippen molar-refractivity contribution >= 4 is 17.5 Å². The van der Waals surface area contributed by atoms with Crippen LogP contribution in [0.1, 0.15) is 43.0 Å². The number of benzene rings is 1. The number of alkyl halides is 1. The number of halogens is 1. The monoisotopic (exact) mass is 311 g/mol. The van der Waals surface area contributed by atoms with Crippen molar-refractivity contribution in [1.29, 1.82) is 0 Å². The van der Waals surface area contributed by atoms with Crippen molar-refractivity contribution in [3.05, 3.63) is 23.8 Å². The van der Waals surface area contributed by atoms with Gasteiger partial charge in [-0.1, -0.05) is 19.8 Å². The average molecular weight is 312 g/mol. The maximum Gasteiger partial charge on any atom is 0.255 e. The number of nitrogens with one attached hydrogen (secondary N) is 1. The molecule has 1 aliphatic carbocycles. The van der Waals surface area contributed by atoms with E-state index >= 15 is 0 Å². The molecule has 1 aromatic rings. The predicted octanol–water partition coefficient (Wildman–Crippen LogP) is 3.32. The molecule has 2 N–H and O–H groups in total. The number of aromatic hydroxyl groups is 1. The first-order valence-corrected chi connectivity index (χ1v) is 7.78. The van der Waals surface area contributed by atoms with E-state index in [0.717, 1.165) is 19.3 Å². The van der Waals surface area contributed by atoms with Crippen LogP contribution in [-0.4, -0.2) is 29.5 Å². The highest BCUT2D eigenvalue weighted by molar-refractivity contribution is 6.19. The van der Waals surface area contributed by atoms with Gasteiger partial charge in [-0.2, -0.15) is 0 Å². The van der Waals surface area contributed by atoms with Crippen molar-refractivity contribution in [3.8, 4) is 11.5 Å². The molecule has 116 valence electrons. The van der Waals surface area contributed by atoms with Crippen LogP contribution in [0.3, 0.4) is 0 Å². The van der Waals surface area contributed by atoms with E-state index in [1.165, 1.54) is 19.6 Å². The van der Waals surface area contributed by atoms with E-state index in [0.29, 0.717) is 17.5 Å². The van der Waals surface area contributed by atoms with Gasteiger partial charge in [0.05, 0.1) is 18.2 Å². The molecular formula is C16H22ClNO3. The summed E-state index contributed by atoms with van der Waals surface area (Å²) in [5.74, 6) is 1.08. The molecule has 4 nitrogen and oxygen atoms in total. The number of ether oxygens (including phenoxy) is 1. The number of rotatable bonds is 4. The zero-order valence-electron chi connectivity index (χ0n) is 12.5. The second kappa shape index (κ2) is 6.56. The van der Waals surface area contributed by atoms with Crippen LogP contribution >= 0.6 is 11.6 Å².